The Bertz CT molecular complexity index is 826. The Balaban J connectivity index is 1.58. The van der Waals surface area contributed by atoms with Crippen molar-refractivity contribution in [3.05, 3.63) is 60.4 Å². The number of para-hydroxylation sites is 1. The molecule has 1 aromatic heterocycles. The predicted molar refractivity (Wildman–Crippen MR) is 95.1 cm³/mol. The largest absolute Gasteiger partial charge is 0.491 e. The number of hydrogen-bond acceptors (Lipinski definition) is 5. The van der Waals surface area contributed by atoms with Crippen LogP contribution < -0.4 is 4.74 Å². The first-order chi connectivity index (χ1) is 12.1. The van der Waals surface area contributed by atoms with E-state index in [4.69, 9.17) is 4.74 Å². The first-order valence-electron chi connectivity index (χ1n) is 7.78. The number of nitrogens with zero attached hydrogens (tertiary/aromatic N) is 3. The fourth-order valence-corrected chi connectivity index (χ4v) is 3.06. The molecule has 25 heavy (non-hydrogen) atoms. The summed E-state index contributed by atoms with van der Waals surface area (Å²) in [5.74, 6) is 1.23. The van der Waals surface area contributed by atoms with E-state index in [0.717, 1.165) is 0 Å². The second kappa shape index (κ2) is 8.13. The van der Waals surface area contributed by atoms with Gasteiger partial charge >= 0.3 is 0 Å². The van der Waals surface area contributed by atoms with Crippen LogP contribution in [0.4, 0.5) is 4.39 Å². The van der Waals surface area contributed by atoms with E-state index in [1.165, 1.54) is 17.8 Å². The van der Waals surface area contributed by atoms with Gasteiger partial charge in [0.25, 0.3) is 0 Å². The number of rotatable bonds is 7. The van der Waals surface area contributed by atoms with Crippen molar-refractivity contribution in [3.8, 4) is 17.1 Å². The Morgan fingerprint density at radius 1 is 1.12 bits per heavy atom. The van der Waals surface area contributed by atoms with Gasteiger partial charge in [-0.2, -0.15) is 0 Å². The molecule has 3 rings (SSSR count). The lowest BCUT2D eigenvalue weighted by Gasteiger charge is -2.11. The highest BCUT2D eigenvalue weighted by Crippen LogP contribution is 2.25. The van der Waals surface area contributed by atoms with E-state index in [9.17, 15) is 9.50 Å². The van der Waals surface area contributed by atoms with E-state index >= 15 is 0 Å². The molecule has 1 N–H and O–H groups in total. The average Bonchev–Trinajstić information content (AvgIpc) is 3.00. The van der Waals surface area contributed by atoms with Gasteiger partial charge in [0.05, 0.1) is 11.7 Å². The molecule has 5 nitrogen and oxygen atoms in total. The standard InChI is InChI=1S/C18H18FN3O2S/c1-22-17(15-9-5-6-10-16(15)19)20-21-18(22)25-12-13(23)11-24-14-7-3-2-4-8-14/h2-10,13,23H,11-12H2,1H3/t13-/m1/s1. The van der Waals surface area contributed by atoms with Crippen LogP contribution in [0.5, 0.6) is 5.75 Å². The van der Waals surface area contributed by atoms with Crippen LogP contribution in [0.15, 0.2) is 59.8 Å². The third-order valence-electron chi connectivity index (χ3n) is 3.54. The molecule has 0 bridgehead atoms. The Morgan fingerprint density at radius 3 is 2.60 bits per heavy atom. The lowest BCUT2D eigenvalue weighted by Crippen LogP contribution is -2.20. The van der Waals surface area contributed by atoms with Crippen molar-refractivity contribution >= 4 is 11.8 Å². The summed E-state index contributed by atoms with van der Waals surface area (Å²) < 4.78 is 21.1. The van der Waals surface area contributed by atoms with Crippen molar-refractivity contribution in [3.63, 3.8) is 0 Å². The van der Waals surface area contributed by atoms with Crippen molar-refractivity contribution in [1.82, 2.24) is 14.8 Å². The van der Waals surface area contributed by atoms with Crippen LogP contribution in [0, 0.1) is 5.82 Å². The van der Waals surface area contributed by atoms with Crippen LogP contribution >= 0.6 is 11.8 Å². The van der Waals surface area contributed by atoms with E-state index in [1.54, 1.807) is 29.8 Å². The number of hydrogen-bond donors (Lipinski definition) is 1. The minimum absolute atomic E-state index is 0.190. The molecule has 0 spiro atoms. The summed E-state index contributed by atoms with van der Waals surface area (Å²) in [5, 5.41) is 18.8. The number of halogens is 1. The molecular formula is C18H18FN3O2S. The van der Waals surface area contributed by atoms with E-state index in [1.807, 2.05) is 30.3 Å². The van der Waals surface area contributed by atoms with Crippen LogP contribution in [0.1, 0.15) is 0 Å². The maximum absolute atomic E-state index is 13.9. The number of ether oxygens (including phenoxy) is 1. The Morgan fingerprint density at radius 2 is 1.84 bits per heavy atom. The topological polar surface area (TPSA) is 60.2 Å². The molecule has 7 heteroatoms. The molecule has 0 aliphatic rings. The number of aromatic nitrogens is 3. The Kier molecular flexibility index (Phi) is 5.67. The summed E-state index contributed by atoms with van der Waals surface area (Å²) in [4.78, 5) is 0. The van der Waals surface area contributed by atoms with Crippen molar-refractivity contribution in [2.75, 3.05) is 12.4 Å². The highest BCUT2D eigenvalue weighted by molar-refractivity contribution is 7.99. The fraction of sp³-hybridized carbons (Fsp3) is 0.222. The summed E-state index contributed by atoms with van der Waals surface area (Å²) in [6, 6.07) is 15.8. The summed E-state index contributed by atoms with van der Waals surface area (Å²) in [6.07, 6.45) is -0.654. The van der Waals surface area contributed by atoms with Gasteiger partial charge in [-0.05, 0) is 24.3 Å². The normalized spacial score (nSPS) is 12.1. The predicted octanol–water partition coefficient (Wildman–Crippen LogP) is 3.15. The van der Waals surface area contributed by atoms with Gasteiger partial charge in [0, 0.05) is 12.8 Å². The number of aliphatic hydroxyl groups is 1. The van der Waals surface area contributed by atoms with Crippen LogP contribution in [0.3, 0.4) is 0 Å². The number of benzene rings is 2. The third-order valence-corrected chi connectivity index (χ3v) is 4.71. The molecule has 0 aliphatic carbocycles. The highest BCUT2D eigenvalue weighted by atomic mass is 32.2. The van der Waals surface area contributed by atoms with Gasteiger partial charge in [0.2, 0.25) is 0 Å². The second-order valence-electron chi connectivity index (χ2n) is 5.43. The van der Waals surface area contributed by atoms with Crippen LogP contribution in [0.25, 0.3) is 11.4 Å². The fourth-order valence-electron chi connectivity index (χ4n) is 2.25. The molecule has 0 fully saturated rings. The van der Waals surface area contributed by atoms with E-state index in [0.29, 0.717) is 28.0 Å². The molecular weight excluding hydrogens is 341 g/mol. The molecule has 0 unspecified atom stereocenters. The molecule has 0 radical (unpaired) electrons. The zero-order valence-electron chi connectivity index (χ0n) is 13.7. The van der Waals surface area contributed by atoms with Crippen LogP contribution in [-0.2, 0) is 7.05 Å². The SMILES string of the molecule is Cn1c(SC[C@H](O)COc2ccccc2)nnc1-c1ccccc1F. The zero-order valence-corrected chi connectivity index (χ0v) is 14.5. The van der Waals surface area contributed by atoms with Gasteiger partial charge < -0.3 is 14.4 Å². The van der Waals surface area contributed by atoms with Gasteiger partial charge in [0.15, 0.2) is 11.0 Å². The van der Waals surface area contributed by atoms with Crippen molar-refractivity contribution < 1.29 is 14.2 Å². The maximum Gasteiger partial charge on any atom is 0.191 e. The molecule has 130 valence electrons. The van der Waals surface area contributed by atoms with Gasteiger partial charge in [-0.25, -0.2) is 4.39 Å². The zero-order chi connectivity index (χ0) is 17.6. The molecule has 1 atom stereocenters. The van der Waals surface area contributed by atoms with Crippen molar-refractivity contribution in [1.29, 1.82) is 0 Å². The van der Waals surface area contributed by atoms with E-state index < -0.39 is 6.10 Å². The molecule has 3 aromatic rings. The molecule has 0 amide bonds. The minimum Gasteiger partial charge on any atom is -0.491 e. The molecule has 0 aliphatic heterocycles. The van der Waals surface area contributed by atoms with Crippen LogP contribution in [-0.4, -0.2) is 38.3 Å². The first kappa shape index (κ1) is 17.4. The van der Waals surface area contributed by atoms with Crippen LogP contribution in [0.2, 0.25) is 0 Å². The minimum atomic E-state index is -0.654. The molecule has 0 saturated heterocycles. The lowest BCUT2D eigenvalue weighted by molar-refractivity contribution is 0.126. The first-order valence-corrected chi connectivity index (χ1v) is 8.76. The van der Waals surface area contributed by atoms with Crippen molar-refractivity contribution in [2.24, 2.45) is 7.05 Å². The Labute approximate surface area is 149 Å². The third kappa shape index (κ3) is 4.37. The number of thioether (sulfide) groups is 1. The smallest absolute Gasteiger partial charge is 0.191 e. The van der Waals surface area contributed by atoms with Gasteiger partial charge in [-0.15, -0.1) is 10.2 Å². The van der Waals surface area contributed by atoms with Gasteiger partial charge in [-0.1, -0.05) is 42.1 Å². The van der Waals surface area contributed by atoms with E-state index in [2.05, 4.69) is 10.2 Å². The average molecular weight is 359 g/mol. The van der Waals surface area contributed by atoms with Gasteiger partial charge in [0.1, 0.15) is 18.2 Å². The number of aliphatic hydroxyl groups excluding tert-OH is 1. The van der Waals surface area contributed by atoms with Gasteiger partial charge in [-0.3, -0.25) is 0 Å². The maximum atomic E-state index is 13.9. The molecule has 0 saturated carbocycles. The lowest BCUT2D eigenvalue weighted by atomic mass is 10.2. The molecule has 2 aromatic carbocycles. The quantitative estimate of drug-likeness (QED) is 0.657. The summed E-state index contributed by atoms with van der Waals surface area (Å²) >= 11 is 1.35. The van der Waals surface area contributed by atoms with Crippen molar-refractivity contribution in [2.45, 2.75) is 11.3 Å². The highest BCUT2D eigenvalue weighted by Gasteiger charge is 2.15. The Hall–Kier alpha value is -2.38. The monoisotopic (exact) mass is 359 g/mol. The molecule has 1 heterocycles. The second-order valence-corrected chi connectivity index (χ2v) is 6.42. The summed E-state index contributed by atoms with van der Waals surface area (Å²) in [7, 11) is 1.77. The van der Waals surface area contributed by atoms with E-state index in [-0.39, 0.29) is 12.4 Å². The summed E-state index contributed by atoms with van der Waals surface area (Å²) in [5.41, 5.74) is 0.400. The summed E-state index contributed by atoms with van der Waals surface area (Å²) in [6.45, 7) is 0.190.